The average Bonchev–Trinajstić information content (AvgIpc) is 3.11. The van der Waals surface area contributed by atoms with Crippen LogP contribution in [0.2, 0.25) is 0 Å². The Hall–Kier alpha value is -3.55. The zero-order valence-corrected chi connectivity index (χ0v) is 21.0. The van der Waals surface area contributed by atoms with Gasteiger partial charge in [0.15, 0.2) is 5.78 Å². The molecule has 1 amide bonds. The third kappa shape index (κ3) is 4.71. The van der Waals surface area contributed by atoms with Crippen molar-refractivity contribution in [3.05, 3.63) is 52.1 Å². The van der Waals surface area contributed by atoms with Gasteiger partial charge in [-0.1, -0.05) is 13.8 Å². The van der Waals surface area contributed by atoms with Gasteiger partial charge in [-0.25, -0.2) is 0 Å². The molecular weight excluding hydrogens is 432 g/mol. The standard InChI is InChI=1S/C26H34N4O4/c1-8-34-23-11-17-13-30(25(27)19(17)12-20(23)26(32)28-4)14-22(31)16-9-18(15(2)3)24(33-7)21(10-16)29(5)6/h9-12,15,27H,8,13-14H2,1-7H3,(H,28,32). The monoisotopic (exact) mass is 466 g/mol. The first-order valence-electron chi connectivity index (χ1n) is 11.4. The minimum Gasteiger partial charge on any atom is -0.494 e. The van der Waals surface area contributed by atoms with Crippen molar-refractivity contribution in [3.8, 4) is 11.5 Å². The summed E-state index contributed by atoms with van der Waals surface area (Å²) in [6.07, 6.45) is 0. The minimum absolute atomic E-state index is 0.0590. The number of anilines is 1. The molecule has 0 unspecified atom stereocenters. The van der Waals surface area contributed by atoms with Crippen LogP contribution in [0.3, 0.4) is 0 Å². The lowest BCUT2D eigenvalue weighted by Crippen LogP contribution is -2.30. The number of carbonyl (C=O) groups is 2. The topological polar surface area (TPSA) is 95.0 Å². The van der Waals surface area contributed by atoms with E-state index in [-0.39, 0.29) is 30.0 Å². The molecule has 0 aromatic heterocycles. The molecule has 1 aliphatic heterocycles. The van der Waals surface area contributed by atoms with Crippen molar-refractivity contribution in [1.82, 2.24) is 10.2 Å². The molecule has 0 radical (unpaired) electrons. The van der Waals surface area contributed by atoms with Gasteiger partial charge in [-0.05, 0) is 48.2 Å². The number of nitrogens with one attached hydrogen (secondary N) is 2. The molecule has 0 bridgehead atoms. The minimum atomic E-state index is -0.274. The van der Waals surface area contributed by atoms with E-state index in [9.17, 15) is 9.59 Å². The first-order chi connectivity index (χ1) is 16.1. The molecule has 0 fully saturated rings. The average molecular weight is 467 g/mol. The molecule has 1 heterocycles. The van der Waals surface area contributed by atoms with Crippen molar-refractivity contribution in [2.75, 3.05) is 46.3 Å². The molecule has 2 aromatic rings. The summed E-state index contributed by atoms with van der Waals surface area (Å²) in [6, 6.07) is 7.22. The van der Waals surface area contributed by atoms with Crippen LogP contribution in [-0.2, 0) is 6.54 Å². The van der Waals surface area contributed by atoms with E-state index in [1.165, 1.54) is 0 Å². The van der Waals surface area contributed by atoms with Crippen molar-refractivity contribution < 1.29 is 19.1 Å². The molecule has 3 rings (SSSR count). The van der Waals surface area contributed by atoms with Crippen LogP contribution >= 0.6 is 0 Å². The van der Waals surface area contributed by atoms with Crippen LogP contribution in [-0.4, -0.2) is 63.8 Å². The highest BCUT2D eigenvalue weighted by molar-refractivity contribution is 6.07. The zero-order valence-electron chi connectivity index (χ0n) is 21.0. The van der Waals surface area contributed by atoms with Gasteiger partial charge in [-0.3, -0.25) is 15.0 Å². The maximum absolute atomic E-state index is 13.4. The van der Waals surface area contributed by atoms with Crippen molar-refractivity contribution in [2.45, 2.75) is 33.2 Å². The Bertz CT molecular complexity index is 1100. The molecule has 8 heteroatoms. The maximum atomic E-state index is 13.4. The van der Waals surface area contributed by atoms with E-state index in [1.807, 2.05) is 38.1 Å². The molecule has 2 N–H and O–H groups in total. The number of ether oxygens (including phenoxy) is 2. The fourth-order valence-corrected chi connectivity index (χ4v) is 4.19. The predicted molar refractivity (Wildman–Crippen MR) is 134 cm³/mol. The summed E-state index contributed by atoms with van der Waals surface area (Å²) in [5.74, 6) is 1.29. The summed E-state index contributed by atoms with van der Waals surface area (Å²) < 4.78 is 11.3. The Labute approximate surface area is 201 Å². The second-order valence-corrected chi connectivity index (χ2v) is 8.81. The molecule has 8 nitrogen and oxygen atoms in total. The highest BCUT2D eigenvalue weighted by Gasteiger charge is 2.30. The van der Waals surface area contributed by atoms with Crippen LogP contribution in [0.1, 0.15) is 64.1 Å². The van der Waals surface area contributed by atoms with Crippen LogP contribution in [0.15, 0.2) is 24.3 Å². The molecule has 2 aromatic carbocycles. The number of amidine groups is 1. The van der Waals surface area contributed by atoms with Crippen LogP contribution < -0.4 is 19.7 Å². The second kappa shape index (κ2) is 10.2. The highest BCUT2D eigenvalue weighted by Crippen LogP contribution is 2.37. The van der Waals surface area contributed by atoms with E-state index < -0.39 is 0 Å². The van der Waals surface area contributed by atoms with Crippen LogP contribution in [0.4, 0.5) is 5.69 Å². The first kappa shape index (κ1) is 25.1. The van der Waals surface area contributed by atoms with E-state index in [2.05, 4.69) is 19.2 Å². The third-order valence-electron chi connectivity index (χ3n) is 5.97. The summed E-state index contributed by atoms with van der Waals surface area (Å²) in [5, 5.41) is 11.3. The lowest BCUT2D eigenvalue weighted by atomic mass is 9.96. The Balaban J connectivity index is 1.92. The SMILES string of the molecule is CCOc1cc2c(cc1C(=O)NC)C(=N)N(CC(=O)c1cc(C(C)C)c(OC)c(N(C)C)c1)C2. The summed E-state index contributed by atoms with van der Waals surface area (Å²) >= 11 is 0. The highest BCUT2D eigenvalue weighted by atomic mass is 16.5. The summed E-state index contributed by atoms with van der Waals surface area (Å²) in [4.78, 5) is 29.4. The van der Waals surface area contributed by atoms with E-state index in [0.717, 1.165) is 22.6 Å². The summed E-state index contributed by atoms with van der Waals surface area (Å²) in [5.41, 5.74) is 4.27. The van der Waals surface area contributed by atoms with Gasteiger partial charge in [0, 0.05) is 38.8 Å². The van der Waals surface area contributed by atoms with Gasteiger partial charge in [0.05, 0.1) is 31.5 Å². The van der Waals surface area contributed by atoms with Gasteiger partial charge in [-0.15, -0.1) is 0 Å². The number of fused-ring (bicyclic) bond motifs is 1. The Morgan fingerprint density at radius 2 is 1.91 bits per heavy atom. The smallest absolute Gasteiger partial charge is 0.254 e. The zero-order chi connectivity index (χ0) is 25.2. The fourth-order valence-electron chi connectivity index (χ4n) is 4.19. The van der Waals surface area contributed by atoms with Gasteiger partial charge < -0.3 is 24.6 Å². The van der Waals surface area contributed by atoms with Gasteiger partial charge in [-0.2, -0.15) is 0 Å². The van der Waals surface area contributed by atoms with Gasteiger partial charge in [0.25, 0.3) is 5.91 Å². The number of hydrogen-bond donors (Lipinski definition) is 2. The number of Topliss-reactive ketones (excluding diaryl/α,β-unsaturated/α-hetero) is 1. The van der Waals surface area contributed by atoms with Crippen molar-refractivity contribution in [3.63, 3.8) is 0 Å². The summed E-state index contributed by atoms with van der Waals surface area (Å²) in [7, 11) is 7.04. The van der Waals surface area contributed by atoms with E-state index in [4.69, 9.17) is 14.9 Å². The van der Waals surface area contributed by atoms with Gasteiger partial charge >= 0.3 is 0 Å². The first-order valence-corrected chi connectivity index (χ1v) is 11.4. The van der Waals surface area contributed by atoms with Gasteiger partial charge in [0.2, 0.25) is 0 Å². The molecule has 1 aliphatic rings. The summed E-state index contributed by atoms with van der Waals surface area (Å²) in [6.45, 7) is 6.88. The number of ketones is 1. The number of benzene rings is 2. The van der Waals surface area contributed by atoms with Gasteiger partial charge in [0.1, 0.15) is 17.3 Å². The number of hydrogen-bond acceptors (Lipinski definition) is 6. The molecule has 0 atom stereocenters. The quantitative estimate of drug-likeness (QED) is 0.548. The molecule has 0 spiro atoms. The predicted octanol–water partition coefficient (Wildman–Crippen LogP) is 3.67. The Morgan fingerprint density at radius 3 is 2.47 bits per heavy atom. The van der Waals surface area contributed by atoms with Crippen LogP contribution in [0.25, 0.3) is 0 Å². The number of nitrogens with zero attached hydrogens (tertiary/aromatic N) is 2. The Kier molecular flexibility index (Phi) is 7.49. The maximum Gasteiger partial charge on any atom is 0.254 e. The molecular formula is C26H34N4O4. The largest absolute Gasteiger partial charge is 0.494 e. The van der Waals surface area contributed by atoms with Crippen LogP contribution in [0, 0.1) is 5.41 Å². The van der Waals surface area contributed by atoms with Crippen LogP contribution in [0.5, 0.6) is 11.5 Å². The third-order valence-corrected chi connectivity index (χ3v) is 5.97. The molecule has 0 saturated carbocycles. The van der Waals surface area contributed by atoms with E-state index in [1.54, 1.807) is 31.2 Å². The van der Waals surface area contributed by atoms with Crippen molar-refractivity contribution in [1.29, 1.82) is 5.41 Å². The molecule has 182 valence electrons. The molecule has 0 aliphatic carbocycles. The second-order valence-electron chi connectivity index (χ2n) is 8.81. The van der Waals surface area contributed by atoms with Crippen molar-refractivity contribution in [2.24, 2.45) is 0 Å². The fraction of sp³-hybridized carbons (Fsp3) is 0.423. The lowest BCUT2D eigenvalue weighted by molar-refractivity contribution is 0.0953. The number of methoxy groups -OCH3 is 1. The van der Waals surface area contributed by atoms with E-state index >= 15 is 0 Å². The molecule has 0 saturated heterocycles. The number of amides is 1. The number of rotatable bonds is 9. The number of carbonyl (C=O) groups excluding carboxylic acids is 2. The lowest BCUT2D eigenvalue weighted by Gasteiger charge is -2.23. The molecule has 34 heavy (non-hydrogen) atoms. The normalized spacial score (nSPS) is 12.6. The Morgan fingerprint density at radius 1 is 1.21 bits per heavy atom. The van der Waals surface area contributed by atoms with Crippen molar-refractivity contribution >= 4 is 23.2 Å². The van der Waals surface area contributed by atoms with E-state index in [0.29, 0.717) is 35.6 Å².